The topological polar surface area (TPSA) is 30.5 Å². The number of rotatable bonds is 7. The van der Waals surface area contributed by atoms with Crippen LogP contribution < -0.4 is 14.8 Å². The van der Waals surface area contributed by atoms with Crippen LogP contribution in [0, 0.1) is 11.8 Å². The van der Waals surface area contributed by atoms with Crippen LogP contribution in [0.3, 0.4) is 0 Å². The molecule has 1 N–H and O–H groups in total. The highest BCUT2D eigenvalue weighted by molar-refractivity contribution is 5.43. The van der Waals surface area contributed by atoms with Crippen molar-refractivity contribution >= 4 is 0 Å². The van der Waals surface area contributed by atoms with E-state index >= 15 is 0 Å². The fourth-order valence-corrected chi connectivity index (χ4v) is 2.00. The number of nitrogens with one attached hydrogen (secondary N) is 1. The van der Waals surface area contributed by atoms with Gasteiger partial charge in [0, 0.05) is 19.0 Å². The molecule has 1 unspecified atom stereocenters. The van der Waals surface area contributed by atoms with Crippen molar-refractivity contribution < 1.29 is 9.47 Å². The molecule has 0 saturated carbocycles. The van der Waals surface area contributed by atoms with Crippen molar-refractivity contribution in [2.45, 2.75) is 32.7 Å². The van der Waals surface area contributed by atoms with E-state index < -0.39 is 0 Å². The molecule has 0 heterocycles. The van der Waals surface area contributed by atoms with Gasteiger partial charge in [0.25, 0.3) is 0 Å². The van der Waals surface area contributed by atoms with E-state index in [1.54, 1.807) is 14.2 Å². The zero-order valence-corrected chi connectivity index (χ0v) is 12.2. The zero-order chi connectivity index (χ0) is 14.1. The van der Waals surface area contributed by atoms with Gasteiger partial charge >= 0.3 is 0 Å². The minimum atomic E-state index is 0.318. The lowest BCUT2D eigenvalue weighted by molar-refractivity contribution is 0.353. The van der Waals surface area contributed by atoms with Crippen molar-refractivity contribution in [2.24, 2.45) is 0 Å². The molecule has 3 heteroatoms. The zero-order valence-electron chi connectivity index (χ0n) is 12.2. The summed E-state index contributed by atoms with van der Waals surface area (Å²) in [4.78, 5) is 0. The van der Waals surface area contributed by atoms with Crippen LogP contribution in [-0.2, 0) is 0 Å². The Hall–Kier alpha value is -1.66. The van der Waals surface area contributed by atoms with E-state index in [4.69, 9.17) is 9.47 Å². The lowest BCUT2D eigenvalue weighted by Crippen LogP contribution is -2.21. The Morgan fingerprint density at radius 1 is 1.21 bits per heavy atom. The van der Waals surface area contributed by atoms with Gasteiger partial charge in [-0.2, -0.15) is 0 Å². The highest BCUT2D eigenvalue weighted by Crippen LogP contribution is 2.30. The van der Waals surface area contributed by atoms with Crippen molar-refractivity contribution in [3.05, 3.63) is 23.8 Å². The van der Waals surface area contributed by atoms with Gasteiger partial charge in [-0.3, -0.25) is 0 Å². The molecule has 1 aromatic carbocycles. The van der Waals surface area contributed by atoms with E-state index in [1.165, 1.54) is 5.56 Å². The van der Waals surface area contributed by atoms with Gasteiger partial charge in [-0.05, 0) is 31.0 Å². The van der Waals surface area contributed by atoms with E-state index in [0.29, 0.717) is 6.04 Å². The van der Waals surface area contributed by atoms with Gasteiger partial charge in [0.15, 0.2) is 11.5 Å². The van der Waals surface area contributed by atoms with Crippen molar-refractivity contribution in [3.8, 4) is 23.3 Å². The summed E-state index contributed by atoms with van der Waals surface area (Å²) in [6, 6.07) is 6.38. The third-order valence-electron chi connectivity index (χ3n) is 3.04. The quantitative estimate of drug-likeness (QED) is 0.604. The summed E-state index contributed by atoms with van der Waals surface area (Å²) >= 11 is 0. The smallest absolute Gasteiger partial charge is 0.161 e. The fraction of sp³-hybridized carbons (Fsp3) is 0.500. The summed E-state index contributed by atoms with van der Waals surface area (Å²) < 4.78 is 10.6. The van der Waals surface area contributed by atoms with Crippen LogP contribution in [0.2, 0.25) is 0 Å². The van der Waals surface area contributed by atoms with Gasteiger partial charge in [0.2, 0.25) is 0 Å². The lowest BCUT2D eigenvalue weighted by Gasteiger charge is -2.18. The first-order valence-corrected chi connectivity index (χ1v) is 6.61. The highest BCUT2D eigenvalue weighted by atomic mass is 16.5. The van der Waals surface area contributed by atoms with Crippen LogP contribution in [0.25, 0.3) is 0 Å². The minimum absolute atomic E-state index is 0.318. The monoisotopic (exact) mass is 261 g/mol. The minimum Gasteiger partial charge on any atom is -0.493 e. The van der Waals surface area contributed by atoms with Gasteiger partial charge < -0.3 is 14.8 Å². The predicted molar refractivity (Wildman–Crippen MR) is 78.6 cm³/mol. The Balaban J connectivity index is 2.76. The maximum Gasteiger partial charge on any atom is 0.161 e. The summed E-state index contributed by atoms with van der Waals surface area (Å²) in [7, 11) is 3.31. The molecule has 0 aliphatic rings. The van der Waals surface area contributed by atoms with Crippen LogP contribution in [-0.4, -0.2) is 20.8 Å². The third-order valence-corrected chi connectivity index (χ3v) is 3.04. The van der Waals surface area contributed by atoms with Crippen molar-refractivity contribution in [1.82, 2.24) is 5.32 Å². The maximum atomic E-state index is 5.34. The van der Waals surface area contributed by atoms with Crippen molar-refractivity contribution in [2.75, 3.05) is 20.8 Å². The molecule has 3 nitrogen and oxygen atoms in total. The first-order chi connectivity index (χ1) is 9.26. The molecule has 0 aromatic heterocycles. The molecule has 1 aromatic rings. The van der Waals surface area contributed by atoms with Crippen molar-refractivity contribution in [1.29, 1.82) is 0 Å². The van der Waals surface area contributed by atoms with Gasteiger partial charge in [-0.25, -0.2) is 0 Å². The molecule has 1 atom stereocenters. The van der Waals surface area contributed by atoms with Crippen LogP contribution in [0.15, 0.2) is 18.2 Å². The summed E-state index contributed by atoms with van der Waals surface area (Å²) in [6.45, 7) is 4.93. The largest absolute Gasteiger partial charge is 0.493 e. The second kappa shape index (κ2) is 8.44. The van der Waals surface area contributed by atoms with Crippen LogP contribution >= 0.6 is 0 Å². The standard InChI is InChI=1S/C16H23NO2/c1-5-7-8-11-17-14(6-2)13-9-10-15(18-3)16(12-13)19-4/h9-10,12,14,17H,6,8,11H2,1-4H3. The summed E-state index contributed by atoms with van der Waals surface area (Å²) in [6.07, 6.45) is 1.90. The molecule has 0 spiro atoms. The Morgan fingerprint density at radius 2 is 1.95 bits per heavy atom. The SMILES string of the molecule is CC#CCCNC(CC)c1ccc(OC)c(OC)c1. The van der Waals surface area contributed by atoms with E-state index in [9.17, 15) is 0 Å². The second-order valence-electron chi connectivity index (χ2n) is 4.21. The van der Waals surface area contributed by atoms with Gasteiger partial charge in [-0.15, -0.1) is 11.8 Å². The normalized spacial score (nSPS) is 11.4. The van der Waals surface area contributed by atoms with E-state index in [2.05, 4.69) is 30.1 Å². The average molecular weight is 261 g/mol. The number of benzene rings is 1. The summed E-state index contributed by atoms with van der Waals surface area (Å²) in [5.74, 6) is 7.50. The molecule has 0 radical (unpaired) electrons. The second-order valence-corrected chi connectivity index (χ2v) is 4.21. The number of ether oxygens (including phenoxy) is 2. The molecule has 1 rings (SSSR count). The van der Waals surface area contributed by atoms with E-state index in [0.717, 1.165) is 30.9 Å². The number of hydrogen-bond donors (Lipinski definition) is 1. The average Bonchev–Trinajstić information content (AvgIpc) is 2.46. The number of hydrogen-bond acceptors (Lipinski definition) is 3. The van der Waals surface area contributed by atoms with E-state index in [-0.39, 0.29) is 0 Å². The Kier molecular flexibility index (Phi) is 6.84. The Labute approximate surface area is 116 Å². The first-order valence-electron chi connectivity index (χ1n) is 6.61. The third kappa shape index (κ3) is 4.50. The molecule has 0 fully saturated rings. The molecule has 104 valence electrons. The van der Waals surface area contributed by atoms with Crippen molar-refractivity contribution in [3.63, 3.8) is 0 Å². The van der Waals surface area contributed by atoms with Gasteiger partial charge in [0.05, 0.1) is 14.2 Å². The van der Waals surface area contributed by atoms with Crippen LogP contribution in [0.4, 0.5) is 0 Å². The number of methoxy groups -OCH3 is 2. The van der Waals surface area contributed by atoms with Gasteiger partial charge in [-0.1, -0.05) is 13.0 Å². The molecule has 0 aliphatic carbocycles. The Bertz CT molecular complexity index is 446. The summed E-state index contributed by atoms with van der Waals surface area (Å²) in [5, 5.41) is 3.51. The molecular formula is C16H23NO2. The fourth-order valence-electron chi connectivity index (χ4n) is 2.00. The molecule has 19 heavy (non-hydrogen) atoms. The van der Waals surface area contributed by atoms with Crippen LogP contribution in [0.5, 0.6) is 11.5 Å². The molecule has 0 aliphatic heterocycles. The molecule has 0 bridgehead atoms. The summed E-state index contributed by atoms with van der Waals surface area (Å²) in [5.41, 5.74) is 1.21. The highest BCUT2D eigenvalue weighted by Gasteiger charge is 2.11. The van der Waals surface area contributed by atoms with Crippen LogP contribution in [0.1, 0.15) is 38.3 Å². The van der Waals surface area contributed by atoms with Gasteiger partial charge in [0.1, 0.15) is 0 Å². The maximum absolute atomic E-state index is 5.34. The lowest BCUT2D eigenvalue weighted by atomic mass is 10.0. The Morgan fingerprint density at radius 3 is 2.53 bits per heavy atom. The molecular weight excluding hydrogens is 238 g/mol. The first kappa shape index (κ1) is 15.4. The van der Waals surface area contributed by atoms with E-state index in [1.807, 2.05) is 19.1 Å². The predicted octanol–water partition coefficient (Wildman–Crippen LogP) is 3.16. The molecule has 0 amide bonds. The molecule has 0 saturated heterocycles.